The summed E-state index contributed by atoms with van der Waals surface area (Å²) in [5, 5.41) is 9.86. The number of nitriles is 1. The third-order valence-electron chi connectivity index (χ3n) is 3.56. The molecule has 0 aliphatic rings. The number of nitrogens with two attached hydrogens (primary N) is 2. The van der Waals surface area contributed by atoms with Crippen LogP contribution in [-0.2, 0) is 0 Å². The first kappa shape index (κ1) is 18.5. The first-order valence-corrected chi connectivity index (χ1v) is 8.25. The van der Waals surface area contributed by atoms with Gasteiger partial charge in [0, 0.05) is 10.6 Å². The minimum atomic E-state index is -0.627. The number of ether oxygens (including phenoxy) is 1. The number of carbonyl (C=O) groups excluding carboxylic acids is 1. The molecule has 9 heteroatoms. The molecule has 0 radical (unpaired) electrons. The number of hydrogen-bond acceptors (Lipinski definition) is 7. The number of carbonyl (C=O) groups is 1. The molecule has 0 saturated carbocycles. The Bertz CT molecular complexity index is 1080. The van der Waals surface area contributed by atoms with E-state index in [4.69, 9.17) is 39.4 Å². The van der Waals surface area contributed by atoms with Gasteiger partial charge in [0.2, 0.25) is 5.95 Å². The van der Waals surface area contributed by atoms with E-state index in [1.165, 1.54) is 12.1 Å². The summed E-state index contributed by atoms with van der Waals surface area (Å²) in [5.74, 6) is -0.400. The van der Waals surface area contributed by atoms with Crippen LogP contribution in [0.2, 0.25) is 10.0 Å². The van der Waals surface area contributed by atoms with Crippen LogP contribution in [0, 0.1) is 11.3 Å². The molecule has 0 saturated heterocycles. The second-order valence-electron chi connectivity index (χ2n) is 5.34. The van der Waals surface area contributed by atoms with Crippen molar-refractivity contribution >= 4 is 40.9 Å². The Balaban J connectivity index is 1.86. The molecule has 0 atom stereocenters. The molecule has 0 fully saturated rings. The molecule has 0 aliphatic heterocycles. The van der Waals surface area contributed by atoms with Crippen LogP contribution in [-0.4, -0.2) is 15.9 Å². The summed E-state index contributed by atoms with van der Waals surface area (Å²) in [6.45, 7) is 0. The number of anilines is 2. The third kappa shape index (κ3) is 3.92. The zero-order valence-corrected chi connectivity index (χ0v) is 15.1. The molecule has 2 aromatic carbocycles. The molecule has 4 N–H and O–H groups in total. The van der Waals surface area contributed by atoms with Crippen molar-refractivity contribution in [3.63, 3.8) is 0 Å². The molecule has 3 aromatic rings. The molecule has 0 amide bonds. The molecule has 1 aromatic heterocycles. The lowest BCUT2D eigenvalue weighted by atomic mass is 10.1. The smallest absolute Gasteiger partial charge is 0.345 e. The number of halogens is 2. The van der Waals surface area contributed by atoms with Crippen molar-refractivity contribution in [2.45, 2.75) is 0 Å². The van der Waals surface area contributed by atoms with Crippen LogP contribution < -0.4 is 16.2 Å². The highest BCUT2D eigenvalue weighted by atomic mass is 35.5. The quantitative estimate of drug-likeness (QED) is 0.507. The van der Waals surface area contributed by atoms with E-state index in [2.05, 4.69) is 9.97 Å². The number of aromatic nitrogens is 2. The summed E-state index contributed by atoms with van der Waals surface area (Å²) in [7, 11) is 0. The molecule has 27 heavy (non-hydrogen) atoms. The maximum atomic E-state index is 12.2. The Labute approximate surface area is 164 Å². The van der Waals surface area contributed by atoms with E-state index in [0.29, 0.717) is 16.3 Å². The highest BCUT2D eigenvalue weighted by Crippen LogP contribution is 2.28. The minimum Gasteiger partial charge on any atom is -0.423 e. The van der Waals surface area contributed by atoms with Crippen LogP contribution in [0.4, 0.5) is 11.8 Å². The second-order valence-corrected chi connectivity index (χ2v) is 6.18. The molecular weight excluding hydrogens is 389 g/mol. The molecule has 3 rings (SSSR count). The number of hydrogen-bond donors (Lipinski definition) is 2. The number of rotatable bonds is 3. The van der Waals surface area contributed by atoms with E-state index in [-0.39, 0.29) is 33.7 Å². The highest BCUT2D eigenvalue weighted by molar-refractivity contribution is 6.36. The first-order valence-electron chi connectivity index (χ1n) is 7.50. The zero-order chi connectivity index (χ0) is 19.6. The van der Waals surface area contributed by atoms with Gasteiger partial charge in [-0.15, -0.1) is 0 Å². The molecule has 1 heterocycles. The van der Waals surface area contributed by atoms with Gasteiger partial charge in [-0.2, -0.15) is 10.2 Å². The number of nitrogen functional groups attached to an aromatic ring is 2. The highest BCUT2D eigenvalue weighted by Gasteiger charge is 2.15. The van der Waals surface area contributed by atoms with E-state index >= 15 is 0 Å². The van der Waals surface area contributed by atoms with Gasteiger partial charge >= 0.3 is 5.97 Å². The third-order valence-corrected chi connectivity index (χ3v) is 4.10. The van der Waals surface area contributed by atoms with Crippen LogP contribution in [0.15, 0.2) is 42.5 Å². The Kier molecular flexibility index (Phi) is 5.12. The van der Waals surface area contributed by atoms with E-state index in [1.807, 2.05) is 6.07 Å². The van der Waals surface area contributed by atoms with Crippen molar-refractivity contribution in [1.29, 1.82) is 5.26 Å². The molecule has 7 nitrogen and oxygen atoms in total. The van der Waals surface area contributed by atoms with E-state index < -0.39 is 5.97 Å². The number of nitrogens with zero attached hydrogens (tertiary/aromatic N) is 3. The molecule has 0 aliphatic carbocycles. The summed E-state index contributed by atoms with van der Waals surface area (Å²) < 4.78 is 5.30. The van der Waals surface area contributed by atoms with Crippen molar-refractivity contribution in [1.82, 2.24) is 9.97 Å². The number of esters is 1. The fourth-order valence-corrected chi connectivity index (χ4v) is 2.80. The van der Waals surface area contributed by atoms with Crippen LogP contribution in [0.5, 0.6) is 5.75 Å². The van der Waals surface area contributed by atoms with Crippen molar-refractivity contribution in [2.75, 3.05) is 11.5 Å². The average molecular weight is 400 g/mol. The van der Waals surface area contributed by atoms with Crippen molar-refractivity contribution in [3.8, 4) is 23.1 Å². The van der Waals surface area contributed by atoms with Gasteiger partial charge in [0.25, 0.3) is 0 Å². The monoisotopic (exact) mass is 399 g/mol. The maximum absolute atomic E-state index is 12.2. The SMILES string of the molecule is N#Cc1c(N)nc(N)nc1-c1ccc(OC(=O)c2ccc(Cl)cc2Cl)cc1. The summed E-state index contributed by atoms with van der Waals surface area (Å²) in [6, 6.07) is 12.8. The Hall–Kier alpha value is -3.34. The lowest BCUT2D eigenvalue weighted by Gasteiger charge is -2.09. The maximum Gasteiger partial charge on any atom is 0.345 e. The fourth-order valence-electron chi connectivity index (χ4n) is 2.31. The Morgan fingerprint density at radius 2 is 1.78 bits per heavy atom. The topological polar surface area (TPSA) is 128 Å². The first-order chi connectivity index (χ1) is 12.9. The van der Waals surface area contributed by atoms with Crippen molar-refractivity contribution < 1.29 is 9.53 Å². The van der Waals surface area contributed by atoms with Gasteiger partial charge in [0.15, 0.2) is 0 Å². The lowest BCUT2D eigenvalue weighted by molar-refractivity contribution is 0.0735. The van der Waals surface area contributed by atoms with Gasteiger partial charge in [0.1, 0.15) is 23.2 Å². The Morgan fingerprint density at radius 1 is 1.07 bits per heavy atom. The van der Waals surface area contributed by atoms with E-state index in [9.17, 15) is 10.1 Å². The molecule has 0 bridgehead atoms. The van der Waals surface area contributed by atoms with E-state index in [0.717, 1.165) is 0 Å². The second kappa shape index (κ2) is 7.50. The molecule has 0 unspecified atom stereocenters. The molecular formula is C18H11Cl2N5O2. The minimum absolute atomic E-state index is 0.00659. The van der Waals surface area contributed by atoms with Gasteiger partial charge in [-0.05, 0) is 42.5 Å². The van der Waals surface area contributed by atoms with Crippen LogP contribution in [0.1, 0.15) is 15.9 Å². The van der Waals surface area contributed by atoms with Gasteiger partial charge in [-0.25, -0.2) is 9.78 Å². The predicted octanol–water partition coefficient (Wildman–Crippen LogP) is 3.71. The summed E-state index contributed by atoms with van der Waals surface area (Å²) >= 11 is 11.8. The van der Waals surface area contributed by atoms with E-state index in [1.54, 1.807) is 30.3 Å². The molecule has 0 spiro atoms. The normalized spacial score (nSPS) is 10.3. The average Bonchev–Trinajstić information content (AvgIpc) is 2.61. The largest absolute Gasteiger partial charge is 0.423 e. The summed E-state index contributed by atoms with van der Waals surface area (Å²) in [5.41, 5.74) is 12.5. The van der Waals surface area contributed by atoms with Gasteiger partial charge in [0.05, 0.1) is 16.3 Å². The lowest BCUT2D eigenvalue weighted by Crippen LogP contribution is -2.09. The van der Waals surface area contributed by atoms with Gasteiger partial charge in [-0.1, -0.05) is 23.2 Å². The fraction of sp³-hybridized carbons (Fsp3) is 0. The van der Waals surface area contributed by atoms with Crippen LogP contribution in [0.3, 0.4) is 0 Å². The predicted molar refractivity (Wildman–Crippen MR) is 102 cm³/mol. The molecule has 134 valence electrons. The van der Waals surface area contributed by atoms with Crippen LogP contribution in [0.25, 0.3) is 11.3 Å². The Morgan fingerprint density at radius 3 is 2.41 bits per heavy atom. The summed E-state index contributed by atoms with van der Waals surface area (Å²) in [4.78, 5) is 20.1. The number of benzene rings is 2. The van der Waals surface area contributed by atoms with Crippen molar-refractivity contribution in [3.05, 3.63) is 63.6 Å². The van der Waals surface area contributed by atoms with Gasteiger partial charge in [-0.3, -0.25) is 0 Å². The zero-order valence-electron chi connectivity index (χ0n) is 13.6. The summed E-state index contributed by atoms with van der Waals surface area (Å²) in [6.07, 6.45) is 0. The van der Waals surface area contributed by atoms with Crippen molar-refractivity contribution in [2.24, 2.45) is 0 Å². The van der Waals surface area contributed by atoms with Crippen LogP contribution >= 0.6 is 23.2 Å². The standard InChI is InChI=1S/C18H11Cl2N5O2/c19-10-3-6-12(14(20)7-10)17(26)27-11-4-1-9(2-5-11)15-13(8-21)16(22)25-18(23)24-15/h1-7H,(H4,22,23,24,25). The van der Waals surface area contributed by atoms with Gasteiger partial charge < -0.3 is 16.2 Å².